The second kappa shape index (κ2) is 6.78. The van der Waals surface area contributed by atoms with Crippen LogP contribution in [0.5, 0.6) is 0 Å². The first kappa shape index (κ1) is 15.3. The maximum Gasteiger partial charge on any atom is 0.264 e. The molecule has 0 spiro atoms. The summed E-state index contributed by atoms with van der Waals surface area (Å²) in [6, 6.07) is 0. The van der Waals surface area contributed by atoms with Gasteiger partial charge in [0.2, 0.25) is 0 Å². The van der Waals surface area contributed by atoms with Crippen LogP contribution in [0.15, 0.2) is 0 Å². The van der Waals surface area contributed by atoms with Gasteiger partial charge in [0.05, 0.1) is 12.8 Å². The Morgan fingerprint density at radius 3 is 2.12 bits per heavy atom. The van der Waals surface area contributed by atoms with E-state index >= 15 is 0 Å². The van der Waals surface area contributed by atoms with Crippen molar-refractivity contribution in [2.24, 2.45) is 0 Å². The van der Waals surface area contributed by atoms with E-state index in [9.17, 15) is 17.6 Å². The van der Waals surface area contributed by atoms with E-state index in [1.54, 1.807) is 5.92 Å². The lowest BCUT2D eigenvalue weighted by Gasteiger charge is -2.21. The highest BCUT2D eigenvalue weighted by molar-refractivity contribution is 4.92. The van der Waals surface area contributed by atoms with Crippen LogP contribution in [0, 0.1) is 12.3 Å². The third-order valence-electron chi connectivity index (χ3n) is 2.27. The van der Waals surface area contributed by atoms with Crippen molar-refractivity contribution in [1.29, 1.82) is 0 Å². The smallest absolute Gasteiger partial charge is 0.207 e. The molecule has 0 bridgehead atoms. The lowest BCUT2D eigenvalue weighted by Crippen LogP contribution is -2.28. The summed E-state index contributed by atoms with van der Waals surface area (Å²) in [6.45, 7) is 1.96. The quantitative estimate of drug-likeness (QED) is 0.328. The Morgan fingerprint density at radius 1 is 1.00 bits per heavy atom. The summed E-state index contributed by atoms with van der Waals surface area (Å²) in [5, 5.41) is 0. The van der Waals surface area contributed by atoms with Crippen LogP contribution >= 0.6 is 0 Å². The summed E-state index contributed by atoms with van der Waals surface area (Å²) < 4.78 is 52.0. The summed E-state index contributed by atoms with van der Waals surface area (Å²) in [6.07, 6.45) is 4.60. The number of hydrogen-bond acceptors (Lipinski definition) is 0. The topological polar surface area (TPSA) is 0 Å². The Hall–Kier alpha value is -0.720. The van der Waals surface area contributed by atoms with E-state index in [2.05, 4.69) is 0 Å². The zero-order valence-corrected chi connectivity index (χ0v) is 9.54. The van der Waals surface area contributed by atoms with E-state index in [-0.39, 0.29) is 6.42 Å². The Kier molecular flexibility index (Phi) is 6.47. The molecule has 0 radical (unpaired) electrons. The van der Waals surface area contributed by atoms with Gasteiger partial charge in [0.1, 0.15) is 0 Å². The van der Waals surface area contributed by atoms with E-state index in [4.69, 9.17) is 6.42 Å². The van der Waals surface area contributed by atoms with Crippen molar-refractivity contribution in [2.75, 3.05) is 0 Å². The molecule has 94 valence electrons. The minimum absolute atomic E-state index is 0.285. The molecule has 0 aliphatic heterocycles. The van der Waals surface area contributed by atoms with Gasteiger partial charge in [0, 0.05) is 6.42 Å². The van der Waals surface area contributed by atoms with Gasteiger partial charge in [-0.25, -0.2) is 17.6 Å². The van der Waals surface area contributed by atoms with Gasteiger partial charge in [-0.05, 0) is 6.42 Å². The first-order chi connectivity index (χ1) is 7.33. The van der Waals surface area contributed by atoms with Crippen LogP contribution in [-0.2, 0) is 0 Å². The van der Waals surface area contributed by atoms with E-state index in [0.29, 0.717) is 6.42 Å². The number of terminal acetylenes is 1. The molecule has 16 heavy (non-hydrogen) atoms. The average Bonchev–Trinajstić information content (AvgIpc) is 2.10. The SMILES string of the molecule is C#CCC(F)(F)CC(F)(F)CCCCCC. The van der Waals surface area contributed by atoms with Gasteiger partial charge < -0.3 is 0 Å². The Labute approximate surface area is 94.4 Å². The van der Waals surface area contributed by atoms with Gasteiger partial charge >= 0.3 is 0 Å². The second-order valence-electron chi connectivity index (χ2n) is 4.08. The Balaban J connectivity index is 3.99. The molecule has 0 atom stereocenters. The molecule has 0 N–H and O–H groups in total. The lowest BCUT2D eigenvalue weighted by atomic mass is 10.0. The van der Waals surface area contributed by atoms with Crippen molar-refractivity contribution in [3.05, 3.63) is 0 Å². The highest BCUT2D eigenvalue weighted by atomic mass is 19.3. The number of unbranched alkanes of at least 4 members (excludes halogenated alkanes) is 3. The van der Waals surface area contributed by atoms with E-state index in [0.717, 1.165) is 12.8 Å². The minimum Gasteiger partial charge on any atom is -0.207 e. The van der Waals surface area contributed by atoms with Gasteiger partial charge in [-0.3, -0.25) is 0 Å². The number of halogens is 4. The third-order valence-corrected chi connectivity index (χ3v) is 2.27. The largest absolute Gasteiger partial charge is 0.264 e. The molecule has 0 amide bonds. The van der Waals surface area contributed by atoms with Gasteiger partial charge in [0.25, 0.3) is 11.8 Å². The van der Waals surface area contributed by atoms with Crippen molar-refractivity contribution in [3.8, 4) is 12.3 Å². The van der Waals surface area contributed by atoms with Crippen LogP contribution in [0.1, 0.15) is 51.9 Å². The normalized spacial score (nSPS) is 12.5. The first-order valence-corrected chi connectivity index (χ1v) is 5.52. The predicted octanol–water partition coefficient (Wildman–Crippen LogP) is 4.64. The van der Waals surface area contributed by atoms with Crippen LogP contribution in [0.25, 0.3) is 0 Å². The summed E-state index contributed by atoms with van der Waals surface area (Å²) in [4.78, 5) is 0. The molecule has 4 heteroatoms. The van der Waals surface area contributed by atoms with Gasteiger partial charge in [-0.1, -0.05) is 26.2 Å². The van der Waals surface area contributed by atoms with Crippen LogP contribution < -0.4 is 0 Å². The monoisotopic (exact) mass is 238 g/mol. The zero-order chi connectivity index (χ0) is 12.7. The molecular formula is C12H18F4. The van der Waals surface area contributed by atoms with E-state index in [1.165, 1.54) is 0 Å². The van der Waals surface area contributed by atoms with Crippen molar-refractivity contribution < 1.29 is 17.6 Å². The maximum atomic E-state index is 13.1. The van der Waals surface area contributed by atoms with Crippen LogP contribution in [-0.4, -0.2) is 11.8 Å². The molecule has 0 aromatic rings. The molecule has 0 aromatic carbocycles. The van der Waals surface area contributed by atoms with E-state index in [1.807, 2.05) is 6.92 Å². The highest BCUT2D eigenvalue weighted by Gasteiger charge is 2.41. The molecule has 0 unspecified atom stereocenters. The van der Waals surface area contributed by atoms with Crippen molar-refractivity contribution in [3.63, 3.8) is 0 Å². The Morgan fingerprint density at radius 2 is 1.62 bits per heavy atom. The molecule has 0 fully saturated rings. The second-order valence-corrected chi connectivity index (χ2v) is 4.08. The molecule has 0 rings (SSSR count). The third kappa shape index (κ3) is 7.56. The molecule has 0 aromatic heterocycles. The van der Waals surface area contributed by atoms with Crippen LogP contribution in [0.2, 0.25) is 0 Å². The van der Waals surface area contributed by atoms with Crippen molar-refractivity contribution in [2.45, 2.75) is 63.7 Å². The van der Waals surface area contributed by atoms with Crippen LogP contribution in [0.3, 0.4) is 0 Å². The first-order valence-electron chi connectivity index (χ1n) is 5.52. The standard InChI is InChI=1S/C12H18F4/c1-3-5-6-7-9-12(15,16)10-11(13,14)8-4-2/h2H,3,5-10H2,1H3. The molecule has 0 heterocycles. The van der Waals surface area contributed by atoms with Gasteiger partial charge in [0.15, 0.2) is 0 Å². The Bertz CT molecular complexity index is 228. The van der Waals surface area contributed by atoms with Crippen molar-refractivity contribution in [1.82, 2.24) is 0 Å². The molecule has 0 nitrogen and oxygen atoms in total. The van der Waals surface area contributed by atoms with Crippen LogP contribution in [0.4, 0.5) is 17.6 Å². The predicted molar refractivity (Wildman–Crippen MR) is 56.7 cm³/mol. The van der Waals surface area contributed by atoms with Gasteiger partial charge in [-0.2, -0.15) is 0 Å². The fraction of sp³-hybridized carbons (Fsp3) is 0.833. The van der Waals surface area contributed by atoms with E-state index < -0.39 is 31.1 Å². The minimum atomic E-state index is -3.46. The fourth-order valence-corrected chi connectivity index (χ4v) is 1.49. The summed E-state index contributed by atoms with van der Waals surface area (Å²) in [7, 11) is 0. The molecule has 0 aliphatic carbocycles. The fourth-order valence-electron chi connectivity index (χ4n) is 1.49. The highest BCUT2D eigenvalue weighted by Crippen LogP contribution is 2.35. The molecule has 0 saturated heterocycles. The maximum absolute atomic E-state index is 13.1. The van der Waals surface area contributed by atoms with Gasteiger partial charge in [-0.15, -0.1) is 12.3 Å². The number of hydrogen-bond donors (Lipinski definition) is 0. The molecule has 0 saturated carbocycles. The summed E-state index contributed by atoms with van der Waals surface area (Å²) in [5.41, 5.74) is 0. The zero-order valence-electron chi connectivity index (χ0n) is 9.54. The summed E-state index contributed by atoms with van der Waals surface area (Å²) in [5.74, 6) is -5.04. The lowest BCUT2D eigenvalue weighted by molar-refractivity contribution is -0.112. The molecule has 0 aliphatic rings. The molecular weight excluding hydrogens is 220 g/mol. The van der Waals surface area contributed by atoms with Crippen molar-refractivity contribution >= 4 is 0 Å². The summed E-state index contributed by atoms with van der Waals surface area (Å²) >= 11 is 0. The number of rotatable bonds is 8. The number of alkyl halides is 4. The average molecular weight is 238 g/mol.